The minimum Gasteiger partial charge on any atom is -0.478 e. The van der Waals surface area contributed by atoms with Crippen LogP contribution in [0.25, 0.3) is 50.6 Å². The molecule has 222 valence electrons. The molecule has 0 saturated heterocycles. The summed E-state index contributed by atoms with van der Waals surface area (Å²) in [6.45, 7) is 4.52. The first-order chi connectivity index (χ1) is 21.1. The van der Waals surface area contributed by atoms with Gasteiger partial charge in [-0.2, -0.15) is 0 Å². The molecule has 8 heteroatoms. The molecule has 0 spiro atoms. The van der Waals surface area contributed by atoms with Crippen LogP contribution in [0.2, 0.25) is 0 Å². The lowest BCUT2D eigenvalue weighted by molar-refractivity contribution is -0.131. The molecule has 0 radical (unpaired) electrons. The van der Waals surface area contributed by atoms with E-state index in [0.29, 0.717) is 51.1 Å². The summed E-state index contributed by atoms with van der Waals surface area (Å²) in [5.74, 6) is -1.45. The zero-order valence-electron chi connectivity index (χ0n) is 24.5. The first-order valence-electron chi connectivity index (χ1n) is 14.1. The molecular formula is C36H31FN2O5. The average Bonchev–Trinajstić information content (AvgIpc) is 3.41. The van der Waals surface area contributed by atoms with Gasteiger partial charge < -0.3 is 20.2 Å². The molecule has 0 unspecified atom stereocenters. The standard InChI is InChI=1S/C36H31FN2O5/c1-21(2)20-39-35(42)29-18-24(10-14-28(29)26-6-4-5-22(17-26)7-16-32(40)41)25-11-15-31-30(19-25)33(36(43)38-3)34(44-31)23-8-12-27(37)13-9-23/h4-19,21H,20H2,1-3H3,(H,38,43)(H,39,42)(H,40,41)/b16-7+. The molecule has 3 N–H and O–H groups in total. The molecule has 0 aliphatic rings. The lowest BCUT2D eigenvalue weighted by Gasteiger charge is -2.14. The maximum atomic E-state index is 13.6. The molecule has 2 amide bonds. The highest BCUT2D eigenvalue weighted by Gasteiger charge is 2.23. The maximum Gasteiger partial charge on any atom is 0.328 e. The first-order valence-corrected chi connectivity index (χ1v) is 14.1. The van der Waals surface area contributed by atoms with E-state index >= 15 is 0 Å². The SMILES string of the molecule is CNC(=O)c1c(-c2ccc(F)cc2)oc2ccc(-c3ccc(-c4cccc(/C=C/C(=O)O)c4)c(C(=O)NCC(C)C)c3)cc12. The molecule has 0 aliphatic heterocycles. The number of hydrogen-bond acceptors (Lipinski definition) is 4. The van der Waals surface area contributed by atoms with Crippen LogP contribution in [-0.2, 0) is 4.79 Å². The van der Waals surface area contributed by atoms with Crippen LogP contribution in [-0.4, -0.2) is 36.5 Å². The Morgan fingerprint density at radius 3 is 2.27 bits per heavy atom. The second kappa shape index (κ2) is 12.8. The number of carboxylic acids is 1. The van der Waals surface area contributed by atoms with Crippen molar-refractivity contribution in [3.63, 3.8) is 0 Å². The van der Waals surface area contributed by atoms with E-state index in [1.165, 1.54) is 25.3 Å². The molecule has 1 heterocycles. The van der Waals surface area contributed by atoms with Gasteiger partial charge in [0.15, 0.2) is 0 Å². The van der Waals surface area contributed by atoms with Crippen molar-refractivity contribution in [1.29, 1.82) is 0 Å². The van der Waals surface area contributed by atoms with Crippen molar-refractivity contribution in [2.75, 3.05) is 13.6 Å². The zero-order chi connectivity index (χ0) is 31.4. The van der Waals surface area contributed by atoms with E-state index < -0.39 is 11.8 Å². The molecule has 1 aromatic heterocycles. The molecule has 44 heavy (non-hydrogen) atoms. The normalized spacial score (nSPS) is 11.3. The van der Waals surface area contributed by atoms with E-state index in [1.807, 2.05) is 62.4 Å². The first kappa shape index (κ1) is 30.0. The maximum absolute atomic E-state index is 13.6. The van der Waals surface area contributed by atoms with Crippen molar-refractivity contribution in [1.82, 2.24) is 10.6 Å². The van der Waals surface area contributed by atoms with Crippen LogP contribution in [0.5, 0.6) is 0 Å². The number of furan rings is 1. The highest BCUT2D eigenvalue weighted by molar-refractivity contribution is 6.12. The van der Waals surface area contributed by atoms with E-state index in [9.17, 15) is 18.8 Å². The Kier molecular flexibility index (Phi) is 8.71. The number of hydrogen-bond donors (Lipinski definition) is 3. The largest absolute Gasteiger partial charge is 0.478 e. The number of carbonyl (C=O) groups excluding carboxylic acids is 2. The summed E-state index contributed by atoms with van der Waals surface area (Å²) in [4.78, 5) is 37.6. The minimum absolute atomic E-state index is 0.240. The average molecular weight is 591 g/mol. The number of halogens is 1. The van der Waals surface area contributed by atoms with Crippen molar-refractivity contribution in [2.45, 2.75) is 13.8 Å². The number of aliphatic carboxylic acids is 1. The summed E-state index contributed by atoms with van der Waals surface area (Å²) in [5.41, 5.74) is 5.48. The van der Waals surface area contributed by atoms with Gasteiger partial charge in [-0.3, -0.25) is 9.59 Å². The Bertz CT molecular complexity index is 1900. The molecular weight excluding hydrogens is 559 g/mol. The predicted molar refractivity (Wildman–Crippen MR) is 170 cm³/mol. The van der Waals surface area contributed by atoms with Gasteiger partial charge in [0.25, 0.3) is 11.8 Å². The lowest BCUT2D eigenvalue weighted by Crippen LogP contribution is -2.27. The summed E-state index contributed by atoms with van der Waals surface area (Å²) in [5, 5.41) is 15.3. The van der Waals surface area contributed by atoms with Crippen molar-refractivity contribution in [3.05, 3.63) is 114 Å². The number of fused-ring (bicyclic) bond motifs is 1. The Labute approximate surface area is 254 Å². The fourth-order valence-corrected chi connectivity index (χ4v) is 4.97. The van der Waals surface area contributed by atoms with Gasteiger partial charge in [0.2, 0.25) is 0 Å². The molecule has 0 atom stereocenters. The highest BCUT2D eigenvalue weighted by atomic mass is 19.1. The summed E-state index contributed by atoms with van der Waals surface area (Å²) in [6.07, 6.45) is 2.57. The van der Waals surface area contributed by atoms with Crippen LogP contribution >= 0.6 is 0 Å². The number of benzene rings is 4. The summed E-state index contributed by atoms with van der Waals surface area (Å²) >= 11 is 0. The zero-order valence-corrected chi connectivity index (χ0v) is 24.5. The Morgan fingerprint density at radius 1 is 0.864 bits per heavy atom. The van der Waals surface area contributed by atoms with Crippen LogP contribution in [0.1, 0.15) is 40.1 Å². The Balaban J connectivity index is 1.63. The van der Waals surface area contributed by atoms with Crippen molar-refractivity contribution < 1.29 is 28.3 Å². The van der Waals surface area contributed by atoms with Crippen LogP contribution in [0.15, 0.2) is 95.4 Å². The lowest BCUT2D eigenvalue weighted by atomic mass is 9.92. The van der Waals surface area contributed by atoms with E-state index in [4.69, 9.17) is 9.52 Å². The van der Waals surface area contributed by atoms with Gasteiger partial charge in [0.05, 0.1) is 5.56 Å². The Morgan fingerprint density at radius 2 is 1.57 bits per heavy atom. The molecule has 5 rings (SSSR count). The topological polar surface area (TPSA) is 109 Å². The van der Waals surface area contributed by atoms with E-state index in [1.54, 1.807) is 24.3 Å². The van der Waals surface area contributed by atoms with Crippen LogP contribution in [0, 0.1) is 11.7 Å². The monoisotopic (exact) mass is 590 g/mol. The van der Waals surface area contributed by atoms with Gasteiger partial charge in [0, 0.05) is 36.2 Å². The van der Waals surface area contributed by atoms with Gasteiger partial charge in [-0.1, -0.05) is 50.2 Å². The third kappa shape index (κ3) is 6.44. The van der Waals surface area contributed by atoms with Gasteiger partial charge in [0.1, 0.15) is 17.2 Å². The third-order valence-corrected chi connectivity index (χ3v) is 7.13. The minimum atomic E-state index is -1.05. The van der Waals surface area contributed by atoms with Gasteiger partial charge in [-0.25, -0.2) is 9.18 Å². The van der Waals surface area contributed by atoms with Gasteiger partial charge in [-0.05, 0) is 88.3 Å². The van der Waals surface area contributed by atoms with Crippen LogP contribution in [0.4, 0.5) is 4.39 Å². The number of rotatable bonds is 9. The number of nitrogens with one attached hydrogen (secondary N) is 2. The molecule has 5 aromatic rings. The molecule has 7 nitrogen and oxygen atoms in total. The second-order valence-corrected chi connectivity index (χ2v) is 10.8. The van der Waals surface area contributed by atoms with Gasteiger partial charge in [-0.15, -0.1) is 0 Å². The van der Waals surface area contributed by atoms with Crippen LogP contribution < -0.4 is 10.6 Å². The second-order valence-electron chi connectivity index (χ2n) is 10.8. The summed E-state index contributed by atoms with van der Waals surface area (Å²) < 4.78 is 19.7. The van der Waals surface area contributed by atoms with Crippen molar-refractivity contribution in [3.8, 4) is 33.6 Å². The summed E-state index contributed by atoms with van der Waals surface area (Å²) in [7, 11) is 1.53. The highest BCUT2D eigenvalue weighted by Crippen LogP contribution is 2.37. The quantitative estimate of drug-likeness (QED) is 0.155. The molecule has 0 fully saturated rings. The number of carboxylic acid groups (broad SMARTS) is 1. The molecule has 0 aliphatic carbocycles. The van der Waals surface area contributed by atoms with Crippen molar-refractivity contribution in [2.24, 2.45) is 5.92 Å². The number of carbonyl (C=O) groups is 3. The van der Waals surface area contributed by atoms with Gasteiger partial charge >= 0.3 is 5.97 Å². The molecule has 0 bridgehead atoms. The molecule has 4 aromatic carbocycles. The Hall–Kier alpha value is -5.50. The fraction of sp³-hybridized carbons (Fsp3) is 0.139. The third-order valence-electron chi connectivity index (χ3n) is 7.13. The number of amides is 2. The van der Waals surface area contributed by atoms with E-state index in [2.05, 4.69) is 10.6 Å². The fourth-order valence-electron chi connectivity index (χ4n) is 4.97. The predicted octanol–water partition coefficient (Wildman–Crippen LogP) is 7.42. The van der Waals surface area contributed by atoms with E-state index in [-0.39, 0.29) is 17.7 Å². The van der Waals surface area contributed by atoms with Crippen molar-refractivity contribution >= 4 is 34.8 Å². The smallest absolute Gasteiger partial charge is 0.328 e. The molecule has 0 saturated carbocycles. The summed E-state index contributed by atoms with van der Waals surface area (Å²) in [6, 6.07) is 24.1. The van der Waals surface area contributed by atoms with Crippen LogP contribution in [0.3, 0.4) is 0 Å². The van der Waals surface area contributed by atoms with E-state index in [0.717, 1.165) is 22.8 Å².